The molecule has 1 aromatic carbocycles. The molecule has 0 bridgehead atoms. The third-order valence-electron chi connectivity index (χ3n) is 2.96. The van der Waals surface area contributed by atoms with Gasteiger partial charge in [-0.3, -0.25) is 0 Å². The molecule has 1 saturated heterocycles. The zero-order valence-corrected chi connectivity index (χ0v) is 7.84. The van der Waals surface area contributed by atoms with Gasteiger partial charge in [-0.15, -0.1) is 0 Å². The Labute approximate surface area is 85.7 Å². The summed E-state index contributed by atoms with van der Waals surface area (Å²) in [6, 6.07) is 7.15. The molecule has 0 aromatic heterocycles. The molecule has 3 rings (SSSR count). The SMILES string of the molecule is OCC12OOC1(CO)c1ccccc1O2. The smallest absolute Gasteiger partial charge is 0.301 e. The molecule has 5 nitrogen and oxygen atoms in total. The lowest BCUT2D eigenvalue weighted by atomic mass is 9.87. The molecule has 2 aliphatic heterocycles. The standard InChI is InChI=1S/C10H10O5/c11-5-9-7-3-1-2-4-8(7)13-10(9,6-12)15-14-9/h1-4,11-12H,5-6H2. The van der Waals surface area contributed by atoms with Crippen LogP contribution in [0.4, 0.5) is 0 Å². The molecular weight excluding hydrogens is 200 g/mol. The van der Waals surface area contributed by atoms with Crippen LogP contribution >= 0.6 is 0 Å². The van der Waals surface area contributed by atoms with Crippen molar-refractivity contribution in [1.82, 2.24) is 0 Å². The van der Waals surface area contributed by atoms with Crippen LogP contribution in [0.3, 0.4) is 0 Å². The highest BCUT2D eigenvalue weighted by molar-refractivity contribution is 5.46. The largest absolute Gasteiger partial charge is 0.453 e. The Morgan fingerprint density at radius 3 is 2.47 bits per heavy atom. The van der Waals surface area contributed by atoms with Gasteiger partial charge in [0.05, 0.1) is 6.61 Å². The normalized spacial score (nSPS) is 36.4. The minimum atomic E-state index is -1.29. The fraction of sp³-hybridized carbons (Fsp3) is 0.400. The molecule has 2 unspecified atom stereocenters. The molecule has 2 atom stereocenters. The van der Waals surface area contributed by atoms with Crippen LogP contribution in [0.15, 0.2) is 24.3 Å². The van der Waals surface area contributed by atoms with E-state index >= 15 is 0 Å². The maximum Gasteiger partial charge on any atom is 0.301 e. The molecular formula is C10H10O5. The molecule has 2 aliphatic rings. The van der Waals surface area contributed by atoms with E-state index in [1.54, 1.807) is 18.2 Å². The van der Waals surface area contributed by atoms with Crippen molar-refractivity contribution in [2.75, 3.05) is 13.2 Å². The Balaban J connectivity index is 2.17. The van der Waals surface area contributed by atoms with Crippen molar-refractivity contribution >= 4 is 0 Å². The van der Waals surface area contributed by atoms with Crippen LogP contribution in [0.2, 0.25) is 0 Å². The molecule has 1 fully saturated rings. The maximum atomic E-state index is 9.39. The highest BCUT2D eigenvalue weighted by atomic mass is 17.3. The van der Waals surface area contributed by atoms with Gasteiger partial charge in [-0.1, -0.05) is 18.2 Å². The van der Waals surface area contributed by atoms with Crippen molar-refractivity contribution in [1.29, 1.82) is 0 Å². The van der Waals surface area contributed by atoms with Crippen LogP contribution in [0, 0.1) is 0 Å². The lowest BCUT2D eigenvalue weighted by molar-refractivity contribution is -0.602. The van der Waals surface area contributed by atoms with Gasteiger partial charge in [0, 0.05) is 5.56 Å². The number of hydrogen-bond acceptors (Lipinski definition) is 5. The fourth-order valence-electron chi connectivity index (χ4n) is 2.07. The lowest BCUT2D eigenvalue weighted by Crippen LogP contribution is -2.68. The summed E-state index contributed by atoms with van der Waals surface area (Å²) in [5.41, 5.74) is -0.383. The van der Waals surface area contributed by atoms with Gasteiger partial charge in [-0.05, 0) is 6.07 Å². The van der Waals surface area contributed by atoms with E-state index < -0.39 is 11.4 Å². The van der Waals surface area contributed by atoms with Crippen LogP contribution in [-0.2, 0) is 15.4 Å². The minimum Gasteiger partial charge on any atom is -0.453 e. The summed E-state index contributed by atoms with van der Waals surface area (Å²) >= 11 is 0. The second-order valence-corrected chi connectivity index (χ2v) is 3.66. The predicted octanol–water partition coefficient (Wildman–Crippen LogP) is -0.0830. The van der Waals surface area contributed by atoms with Crippen LogP contribution in [0.1, 0.15) is 5.56 Å². The first-order valence-electron chi connectivity index (χ1n) is 4.65. The lowest BCUT2D eigenvalue weighted by Gasteiger charge is -2.47. The van der Waals surface area contributed by atoms with Crippen LogP contribution in [0.5, 0.6) is 5.75 Å². The Morgan fingerprint density at radius 2 is 1.87 bits per heavy atom. The van der Waals surface area contributed by atoms with Crippen molar-refractivity contribution < 1.29 is 24.7 Å². The van der Waals surface area contributed by atoms with Crippen LogP contribution in [0.25, 0.3) is 0 Å². The number of aliphatic hydroxyl groups is 2. The second-order valence-electron chi connectivity index (χ2n) is 3.66. The predicted molar refractivity (Wildman–Crippen MR) is 47.8 cm³/mol. The number of aliphatic hydroxyl groups excluding tert-OH is 2. The highest BCUT2D eigenvalue weighted by Crippen LogP contribution is 2.56. The molecule has 0 radical (unpaired) electrons. The van der Waals surface area contributed by atoms with E-state index in [0.717, 1.165) is 0 Å². The summed E-state index contributed by atoms with van der Waals surface area (Å²) in [5.74, 6) is -0.719. The summed E-state index contributed by atoms with van der Waals surface area (Å²) in [5, 5.41) is 18.7. The number of fused-ring (bicyclic) bond motifs is 3. The van der Waals surface area contributed by atoms with Crippen LogP contribution in [-0.4, -0.2) is 29.2 Å². The topological polar surface area (TPSA) is 68.2 Å². The second kappa shape index (κ2) is 2.70. The molecule has 2 N–H and O–H groups in total. The van der Waals surface area contributed by atoms with Crippen molar-refractivity contribution in [3.63, 3.8) is 0 Å². The average Bonchev–Trinajstić information content (AvgIpc) is 2.45. The van der Waals surface area contributed by atoms with E-state index in [1.165, 1.54) is 0 Å². The van der Waals surface area contributed by atoms with Crippen LogP contribution < -0.4 is 4.74 Å². The Morgan fingerprint density at radius 1 is 1.07 bits per heavy atom. The zero-order valence-electron chi connectivity index (χ0n) is 7.84. The molecule has 0 saturated carbocycles. The van der Waals surface area contributed by atoms with Gasteiger partial charge in [0.1, 0.15) is 12.4 Å². The maximum absolute atomic E-state index is 9.39. The van der Waals surface area contributed by atoms with Gasteiger partial charge < -0.3 is 14.9 Å². The Kier molecular flexibility index (Phi) is 1.64. The van der Waals surface area contributed by atoms with E-state index in [4.69, 9.17) is 14.5 Å². The van der Waals surface area contributed by atoms with E-state index in [2.05, 4.69) is 0 Å². The fourth-order valence-corrected chi connectivity index (χ4v) is 2.07. The summed E-state index contributed by atoms with van der Waals surface area (Å²) in [6.45, 7) is -0.674. The summed E-state index contributed by atoms with van der Waals surface area (Å²) in [4.78, 5) is 9.81. The monoisotopic (exact) mass is 210 g/mol. The van der Waals surface area contributed by atoms with Crippen molar-refractivity contribution in [2.45, 2.75) is 11.4 Å². The number of para-hydroxylation sites is 1. The zero-order chi connectivity index (χ0) is 10.5. The minimum absolute atomic E-state index is 0.301. The molecule has 2 heterocycles. The first-order chi connectivity index (χ1) is 7.28. The summed E-state index contributed by atoms with van der Waals surface area (Å²) < 4.78 is 5.48. The highest BCUT2D eigenvalue weighted by Gasteiger charge is 2.72. The van der Waals surface area contributed by atoms with Gasteiger partial charge in [0.15, 0.2) is 0 Å². The van der Waals surface area contributed by atoms with Gasteiger partial charge >= 0.3 is 5.79 Å². The number of hydrogen-bond donors (Lipinski definition) is 2. The van der Waals surface area contributed by atoms with Gasteiger partial charge in [-0.2, -0.15) is 4.89 Å². The average molecular weight is 210 g/mol. The first kappa shape index (κ1) is 9.11. The number of ether oxygens (including phenoxy) is 1. The molecule has 5 heteroatoms. The first-order valence-corrected chi connectivity index (χ1v) is 4.65. The van der Waals surface area contributed by atoms with Gasteiger partial charge in [0.25, 0.3) is 0 Å². The van der Waals surface area contributed by atoms with E-state index in [9.17, 15) is 10.2 Å². The molecule has 80 valence electrons. The van der Waals surface area contributed by atoms with Gasteiger partial charge in [-0.25, -0.2) is 4.89 Å². The Bertz CT molecular complexity index is 399. The van der Waals surface area contributed by atoms with Crippen molar-refractivity contribution in [3.05, 3.63) is 29.8 Å². The summed E-state index contributed by atoms with van der Waals surface area (Å²) in [6.07, 6.45) is 0. The third kappa shape index (κ3) is 0.826. The molecule has 0 aliphatic carbocycles. The van der Waals surface area contributed by atoms with E-state index in [1.807, 2.05) is 6.07 Å². The van der Waals surface area contributed by atoms with E-state index in [-0.39, 0.29) is 13.2 Å². The summed E-state index contributed by atoms with van der Waals surface area (Å²) in [7, 11) is 0. The quantitative estimate of drug-likeness (QED) is 0.668. The van der Waals surface area contributed by atoms with Crippen molar-refractivity contribution in [2.24, 2.45) is 0 Å². The van der Waals surface area contributed by atoms with Crippen molar-refractivity contribution in [3.8, 4) is 5.75 Å². The third-order valence-corrected chi connectivity index (χ3v) is 2.96. The van der Waals surface area contributed by atoms with E-state index in [0.29, 0.717) is 11.3 Å². The molecule has 0 amide bonds. The van der Waals surface area contributed by atoms with Gasteiger partial charge in [0.2, 0.25) is 5.60 Å². The molecule has 15 heavy (non-hydrogen) atoms. The number of rotatable bonds is 2. The number of benzene rings is 1. The Hall–Kier alpha value is -1.14. The molecule has 1 aromatic rings. The molecule has 0 spiro atoms.